The third kappa shape index (κ3) is 2.08. The molecule has 0 bridgehead atoms. The molecule has 3 heteroatoms. The molecule has 2 heterocycles. The van der Waals surface area contributed by atoms with Gasteiger partial charge < -0.3 is 14.6 Å². The highest BCUT2D eigenvalue weighted by atomic mass is 16.5. The van der Waals surface area contributed by atoms with Crippen molar-refractivity contribution in [2.24, 2.45) is 7.05 Å². The molecule has 0 amide bonds. The molecule has 1 unspecified atom stereocenters. The van der Waals surface area contributed by atoms with Gasteiger partial charge in [-0.2, -0.15) is 0 Å². The van der Waals surface area contributed by atoms with E-state index in [4.69, 9.17) is 4.74 Å². The Morgan fingerprint density at radius 3 is 3.12 bits per heavy atom. The lowest BCUT2D eigenvalue weighted by molar-refractivity contribution is 0.190. The van der Waals surface area contributed by atoms with E-state index in [-0.39, 0.29) is 0 Å². The Bertz CT molecular complexity index is 512. The SMILES string of the molecule is Cn1cc(CNC2CCOC2)c2ccccc21. The summed E-state index contributed by atoms with van der Waals surface area (Å²) in [7, 11) is 2.10. The third-order valence-electron chi connectivity index (χ3n) is 3.49. The van der Waals surface area contributed by atoms with Gasteiger partial charge in [-0.05, 0) is 18.1 Å². The van der Waals surface area contributed by atoms with Gasteiger partial charge in [-0.3, -0.25) is 0 Å². The van der Waals surface area contributed by atoms with Crippen LogP contribution in [0.3, 0.4) is 0 Å². The Labute approximate surface area is 101 Å². The molecule has 90 valence electrons. The molecule has 17 heavy (non-hydrogen) atoms. The summed E-state index contributed by atoms with van der Waals surface area (Å²) in [6, 6.07) is 9.07. The van der Waals surface area contributed by atoms with Crippen molar-refractivity contribution < 1.29 is 4.74 Å². The first kappa shape index (κ1) is 10.8. The van der Waals surface area contributed by atoms with Gasteiger partial charge in [0.05, 0.1) is 6.61 Å². The highest BCUT2D eigenvalue weighted by molar-refractivity contribution is 5.83. The van der Waals surface area contributed by atoms with Crippen LogP contribution in [0.2, 0.25) is 0 Å². The van der Waals surface area contributed by atoms with Crippen molar-refractivity contribution >= 4 is 10.9 Å². The monoisotopic (exact) mass is 230 g/mol. The quantitative estimate of drug-likeness (QED) is 0.873. The number of fused-ring (bicyclic) bond motifs is 1. The zero-order valence-electron chi connectivity index (χ0n) is 10.1. The molecule has 1 aromatic carbocycles. The van der Waals surface area contributed by atoms with Gasteiger partial charge in [-0.25, -0.2) is 0 Å². The van der Waals surface area contributed by atoms with Gasteiger partial charge in [0.15, 0.2) is 0 Å². The molecule has 1 fully saturated rings. The van der Waals surface area contributed by atoms with Crippen LogP contribution < -0.4 is 5.32 Å². The lowest BCUT2D eigenvalue weighted by atomic mass is 10.1. The molecule has 0 saturated carbocycles. The highest BCUT2D eigenvalue weighted by Crippen LogP contribution is 2.20. The van der Waals surface area contributed by atoms with Crippen LogP contribution in [0.25, 0.3) is 10.9 Å². The topological polar surface area (TPSA) is 26.2 Å². The summed E-state index contributed by atoms with van der Waals surface area (Å²) in [4.78, 5) is 0. The lowest BCUT2D eigenvalue weighted by Crippen LogP contribution is -2.28. The average molecular weight is 230 g/mol. The minimum absolute atomic E-state index is 0.522. The fourth-order valence-electron chi connectivity index (χ4n) is 2.52. The van der Waals surface area contributed by atoms with Gasteiger partial charge >= 0.3 is 0 Å². The van der Waals surface area contributed by atoms with E-state index in [1.165, 1.54) is 16.5 Å². The van der Waals surface area contributed by atoms with Crippen LogP contribution in [-0.2, 0) is 18.3 Å². The van der Waals surface area contributed by atoms with Crippen LogP contribution in [0.5, 0.6) is 0 Å². The number of aryl methyl sites for hydroxylation is 1. The number of aromatic nitrogens is 1. The Balaban J connectivity index is 1.80. The highest BCUT2D eigenvalue weighted by Gasteiger charge is 2.15. The van der Waals surface area contributed by atoms with Crippen molar-refractivity contribution in [2.75, 3.05) is 13.2 Å². The van der Waals surface area contributed by atoms with Gasteiger partial charge in [0.1, 0.15) is 0 Å². The summed E-state index contributed by atoms with van der Waals surface area (Å²) < 4.78 is 7.56. The molecule has 1 aliphatic heterocycles. The minimum atomic E-state index is 0.522. The normalized spacial score (nSPS) is 20.2. The Morgan fingerprint density at radius 1 is 1.41 bits per heavy atom. The Morgan fingerprint density at radius 2 is 2.29 bits per heavy atom. The maximum absolute atomic E-state index is 5.37. The molecule has 3 nitrogen and oxygen atoms in total. The molecule has 0 radical (unpaired) electrons. The van der Waals surface area contributed by atoms with Crippen molar-refractivity contribution in [3.8, 4) is 0 Å². The molecule has 0 spiro atoms. The fraction of sp³-hybridized carbons (Fsp3) is 0.429. The van der Waals surface area contributed by atoms with Crippen molar-refractivity contribution in [1.82, 2.24) is 9.88 Å². The van der Waals surface area contributed by atoms with E-state index in [0.29, 0.717) is 6.04 Å². The van der Waals surface area contributed by atoms with E-state index in [1.54, 1.807) is 0 Å². The summed E-state index contributed by atoms with van der Waals surface area (Å²) in [5, 5.41) is 4.91. The van der Waals surface area contributed by atoms with E-state index < -0.39 is 0 Å². The van der Waals surface area contributed by atoms with Crippen LogP contribution in [0.4, 0.5) is 0 Å². The van der Waals surface area contributed by atoms with E-state index >= 15 is 0 Å². The van der Waals surface area contributed by atoms with Gasteiger partial charge in [0, 0.05) is 43.3 Å². The first-order chi connectivity index (χ1) is 8.34. The number of rotatable bonds is 3. The predicted molar refractivity (Wildman–Crippen MR) is 69.0 cm³/mol. The van der Waals surface area contributed by atoms with Crippen molar-refractivity contribution in [3.63, 3.8) is 0 Å². The van der Waals surface area contributed by atoms with Crippen LogP contribution in [0, 0.1) is 0 Å². The maximum Gasteiger partial charge on any atom is 0.0620 e. The summed E-state index contributed by atoms with van der Waals surface area (Å²) >= 11 is 0. The Hall–Kier alpha value is -1.32. The standard InChI is InChI=1S/C14H18N2O/c1-16-9-11(8-15-12-6-7-17-10-12)13-4-2-3-5-14(13)16/h2-5,9,12,15H,6-8,10H2,1H3. The molecular formula is C14H18N2O. The first-order valence-corrected chi connectivity index (χ1v) is 6.18. The van der Waals surface area contributed by atoms with Crippen LogP contribution >= 0.6 is 0 Å². The van der Waals surface area contributed by atoms with Gasteiger partial charge in [0.2, 0.25) is 0 Å². The molecule has 1 aromatic heterocycles. The number of hydrogen-bond donors (Lipinski definition) is 1. The minimum Gasteiger partial charge on any atom is -0.380 e. The van der Waals surface area contributed by atoms with Gasteiger partial charge in [0.25, 0.3) is 0 Å². The number of nitrogens with one attached hydrogen (secondary N) is 1. The number of hydrogen-bond acceptors (Lipinski definition) is 2. The van der Waals surface area contributed by atoms with Crippen LogP contribution in [0.15, 0.2) is 30.5 Å². The summed E-state index contributed by atoms with van der Waals surface area (Å²) in [5.74, 6) is 0. The average Bonchev–Trinajstić information content (AvgIpc) is 2.96. The van der Waals surface area contributed by atoms with Crippen LogP contribution in [0.1, 0.15) is 12.0 Å². The maximum atomic E-state index is 5.37. The van der Waals surface area contributed by atoms with Gasteiger partial charge in [-0.1, -0.05) is 18.2 Å². The summed E-state index contributed by atoms with van der Waals surface area (Å²) in [6.45, 7) is 2.67. The number of nitrogens with zero attached hydrogens (tertiary/aromatic N) is 1. The molecular weight excluding hydrogens is 212 g/mol. The number of benzene rings is 1. The second-order valence-electron chi connectivity index (χ2n) is 4.72. The number of ether oxygens (including phenoxy) is 1. The fourth-order valence-corrected chi connectivity index (χ4v) is 2.52. The van der Waals surface area contributed by atoms with E-state index in [1.807, 2.05) is 0 Å². The zero-order chi connectivity index (χ0) is 11.7. The largest absolute Gasteiger partial charge is 0.380 e. The lowest BCUT2D eigenvalue weighted by Gasteiger charge is -2.09. The predicted octanol–water partition coefficient (Wildman–Crippen LogP) is 2.06. The molecule has 0 aliphatic carbocycles. The van der Waals surface area contributed by atoms with E-state index in [0.717, 1.165) is 26.2 Å². The van der Waals surface area contributed by atoms with Gasteiger partial charge in [-0.15, -0.1) is 0 Å². The summed E-state index contributed by atoms with van der Waals surface area (Å²) in [6.07, 6.45) is 3.35. The zero-order valence-corrected chi connectivity index (χ0v) is 10.1. The summed E-state index contributed by atoms with van der Waals surface area (Å²) in [5.41, 5.74) is 2.67. The number of para-hydroxylation sites is 1. The molecule has 1 saturated heterocycles. The smallest absolute Gasteiger partial charge is 0.0620 e. The van der Waals surface area contributed by atoms with Crippen LogP contribution in [-0.4, -0.2) is 23.8 Å². The molecule has 3 rings (SSSR count). The van der Waals surface area contributed by atoms with E-state index in [9.17, 15) is 0 Å². The first-order valence-electron chi connectivity index (χ1n) is 6.18. The molecule has 1 atom stereocenters. The second kappa shape index (κ2) is 4.51. The van der Waals surface area contributed by atoms with Crippen molar-refractivity contribution in [1.29, 1.82) is 0 Å². The van der Waals surface area contributed by atoms with E-state index in [2.05, 4.69) is 47.4 Å². The molecule has 2 aromatic rings. The molecule has 1 aliphatic rings. The second-order valence-corrected chi connectivity index (χ2v) is 4.72. The van der Waals surface area contributed by atoms with Crippen molar-refractivity contribution in [3.05, 3.63) is 36.0 Å². The Kier molecular flexibility index (Phi) is 2.87. The van der Waals surface area contributed by atoms with Crippen molar-refractivity contribution in [2.45, 2.75) is 19.0 Å². The molecule has 1 N–H and O–H groups in total. The third-order valence-corrected chi connectivity index (χ3v) is 3.49.